The normalized spacial score (nSPS) is 10.5. The number of hydrogen-bond acceptors (Lipinski definition) is 5. The molecule has 0 radical (unpaired) electrons. The molecular weight excluding hydrogens is 350 g/mol. The van der Waals surface area contributed by atoms with Crippen LogP contribution in [0.4, 0.5) is 10.8 Å². The fourth-order valence-corrected chi connectivity index (χ4v) is 3.54. The van der Waals surface area contributed by atoms with Gasteiger partial charge in [-0.3, -0.25) is 9.59 Å². The maximum absolute atomic E-state index is 12.3. The highest BCUT2D eigenvalue weighted by atomic mass is 32.1. The van der Waals surface area contributed by atoms with E-state index in [2.05, 4.69) is 15.6 Å². The summed E-state index contributed by atoms with van der Waals surface area (Å²) in [5, 5.41) is 6.12. The number of nitrogens with one attached hydrogen (secondary N) is 2. The molecule has 3 rings (SSSR count). The summed E-state index contributed by atoms with van der Waals surface area (Å²) in [5.41, 5.74) is 2.49. The molecule has 0 fully saturated rings. The minimum absolute atomic E-state index is 0.0677. The van der Waals surface area contributed by atoms with E-state index in [9.17, 15) is 9.59 Å². The van der Waals surface area contributed by atoms with Crippen LogP contribution in [0.3, 0.4) is 0 Å². The quantitative estimate of drug-likeness (QED) is 0.692. The number of rotatable bonds is 6. The summed E-state index contributed by atoms with van der Waals surface area (Å²) >= 11 is 1.37. The maximum atomic E-state index is 12.3. The fraction of sp³-hybridized carbons (Fsp3) is 0.211. The number of fused-ring (bicyclic) bond motifs is 1. The van der Waals surface area contributed by atoms with Gasteiger partial charge in [-0.2, -0.15) is 0 Å². The summed E-state index contributed by atoms with van der Waals surface area (Å²) in [6.45, 7) is 1.44. The third-order valence-corrected chi connectivity index (χ3v) is 4.70. The van der Waals surface area contributed by atoms with E-state index in [0.717, 1.165) is 21.5 Å². The molecule has 134 valence electrons. The number of aromatic nitrogens is 1. The Bertz CT molecular complexity index is 952. The number of thiazole rings is 1. The summed E-state index contributed by atoms with van der Waals surface area (Å²) in [7, 11) is 1.62. The lowest BCUT2D eigenvalue weighted by molar-refractivity contribution is -0.116. The monoisotopic (exact) mass is 369 g/mol. The third-order valence-electron chi connectivity index (χ3n) is 3.77. The van der Waals surface area contributed by atoms with Gasteiger partial charge in [-0.05, 0) is 36.2 Å². The van der Waals surface area contributed by atoms with Gasteiger partial charge in [0.05, 0.1) is 17.3 Å². The Morgan fingerprint density at radius 2 is 1.96 bits per heavy atom. The number of benzene rings is 2. The lowest BCUT2D eigenvalue weighted by Gasteiger charge is -2.08. The van der Waals surface area contributed by atoms with Gasteiger partial charge >= 0.3 is 0 Å². The van der Waals surface area contributed by atoms with Crippen LogP contribution in [0.1, 0.15) is 18.9 Å². The molecule has 2 amide bonds. The van der Waals surface area contributed by atoms with Gasteiger partial charge in [0.15, 0.2) is 5.13 Å². The fourth-order valence-electron chi connectivity index (χ4n) is 2.59. The van der Waals surface area contributed by atoms with Crippen LogP contribution in [0.15, 0.2) is 42.5 Å². The summed E-state index contributed by atoms with van der Waals surface area (Å²) < 4.78 is 6.21. The zero-order valence-corrected chi connectivity index (χ0v) is 15.4. The van der Waals surface area contributed by atoms with Crippen molar-refractivity contribution in [2.75, 3.05) is 17.7 Å². The number of methoxy groups -OCH3 is 1. The van der Waals surface area contributed by atoms with Crippen LogP contribution < -0.4 is 15.4 Å². The molecule has 0 unspecified atom stereocenters. The average Bonchev–Trinajstić information content (AvgIpc) is 3.00. The second kappa shape index (κ2) is 7.97. The van der Waals surface area contributed by atoms with Crippen LogP contribution in [0, 0.1) is 0 Å². The largest absolute Gasteiger partial charge is 0.496 e. The lowest BCUT2D eigenvalue weighted by atomic mass is 10.1. The first-order valence-corrected chi connectivity index (χ1v) is 8.97. The second-order valence-electron chi connectivity index (χ2n) is 5.74. The van der Waals surface area contributed by atoms with Gasteiger partial charge in [0, 0.05) is 19.0 Å². The minimum Gasteiger partial charge on any atom is -0.496 e. The molecule has 0 saturated heterocycles. The first-order chi connectivity index (χ1) is 12.5. The molecule has 0 spiro atoms. The van der Waals surface area contributed by atoms with Crippen LogP contribution in [0.25, 0.3) is 10.2 Å². The van der Waals surface area contributed by atoms with Crippen molar-refractivity contribution < 1.29 is 14.3 Å². The molecular formula is C19H19N3O3S. The van der Waals surface area contributed by atoms with Gasteiger partial charge in [-0.1, -0.05) is 29.5 Å². The molecule has 3 aromatic rings. The van der Waals surface area contributed by atoms with Gasteiger partial charge in [0.1, 0.15) is 5.75 Å². The Morgan fingerprint density at radius 3 is 2.73 bits per heavy atom. The van der Waals surface area contributed by atoms with Gasteiger partial charge < -0.3 is 15.4 Å². The van der Waals surface area contributed by atoms with Crippen molar-refractivity contribution in [3.63, 3.8) is 0 Å². The Labute approximate surface area is 155 Å². The number of amides is 2. The number of aryl methyl sites for hydroxylation is 1. The highest BCUT2D eigenvalue weighted by Gasteiger charge is 2.09. The predicted octanol–water partition coefficient (Wildman–Crippen LogP) is 3.83. The molecule has 1 heterocycles. The Hall–Kier alpha value is -2.93. The molecule has 0 atom stereocenters. The standard InChI is InChI=1S/C19H19N3O3S/c1-12(23)20-19-22-15-9-8-14(11-17(15)26-19)21-18(24)10-7-13-5-3-4-6-16(13)25-2/h3-6,8-9,11H,7,10H2,1-2H3,(H,21,24)(H,20,22,23). The highest BCUT2D eigenvalue weighted by molar-refractivity contribution is 7.22. The van der Waals surface area contributed by atoms with Crippen molar-refractivity contribution in [1.29, 1.82) is 0 Å². The Morgan fingerprint density at radius 1 is 1.15 bits per heavy atom. The Balaban J connectivity index is 1.64. The van der Waals surface area contributed by atoms with Crippen LogP contribution in [-0.2, 0) is 16.0 Å². The molecule has 6 nitrogen and oxygen atoms in total. The topological polar surface area (TPSA) is 80.3 Å². The van der Waals surface area contributed by atoms with E-state index in [0.29, 0.717) is 23.7 Å². The zero-order valence-electron chi connectivity index (χ0n) is 14.5. The number of carbonyl (C=O) groups is 2. The van der Waals surface area contributed by atoms with Gasteiger partial charge in [-0.25, -0.2) is 4.98 Å². The van der Waals surface area contributed by atoms with E-state index >= 15 is 0 Å². The molecule has 0 aliphatic rings. The van der Waals surface area contributed by atoms with Crippen LogP contribution in [0.2, 0.25) is 0 Å². The van der Waals surface area contributed by atoms with Crippen LogP contribution in [0.5, 0.6) is 5.75 Å². The Kier molecular flexibility index (Phi) is 5.48. The molecule has 0 saturated carbocycles. The van der Waals surface area contributed by atoms with Crippen molar-refractivity contribution in [2.24, 2.45) is 0 Å². The van der Waals surface area contributed by atoms with Gasteiger partial charge in [0.25, 0.3) is 0 Å². The van der Waals surface area contributed by atoms with Crippen molar-refractivity contribution >= 4 is 44.2 Å². The number of para-hydroxylation sites is 1. The van der Waals surface area contributed by atoms with Crippen molar-refractivity contribution in [2.45, 2.75) is 19.8 Å². The van der Waals surface area contributed by atoms with E-state index in [-0.39, 0.29) is 11.8 Å². The average molecular weight is 369 g/mol. The number of ether oxygens (including phenoxy) is 1. The number of carbonyl (C=O) groups excluding carboxylic acids is 2. The van der Waals surface area contributed by atoms with Gasteiger partial charge in [0.2, 0.25) is 11.8 Å². The maximum Gasteiger partial charge on any atom is 0.224 e. The van der Waals surface area contributed by atoms with Crippen LogP contribution in [-0.4, -0.2) is 23.9 Å². The lowest BCUT2D eigenvalue weighted by Crippen LogP contribution is -2.12. The number of nitrogens with zero attached hydrogens (tertiary/aromatic N) is 1. The SMILES string of the molecule is COc1ccccc1CCC(=O)Nc1ccc2nc(NC(C)=O)sc2c1. The van der Waals surface area contributed by atoms with Crippen molar-refractivity contribution in [1.82, 2.24) is 4.98 Å². The summed E-state index contributed by atoms with van der Waals surface area (Å²) in [5.74, 6) is 0.563. The molecule has 0 aliphatic heterocycles. The van der Waals surface area contributed by atoms with Gasteiger partial charge in [-0.15, -0.1) is 0 Å². The predicted molar refractivity (Wildman–Crippen MR) is 104 cm³/mol. The molecule has 7 heteroatoms. The second-order valence-corrected chi connectivity index (χ2v) is 6.77. The van der Waals surface area contributed by atoms with Crippen molar-refractivity contribution in [3.05, 3.63) is 48.0 Å². The first-order valence-electron chi connectivity index (χ1n) is 8.15. The smallest absolute Gasteiger partial charge is 0.224 e. The molecule has 0 aliphatic carbocycles. The van der Waals surface area contributed by atoms with E-state index < -0.39 is 0 Å². The van der Waals surface area contributed by atoms with E-state index in [1.807, 2.05) is 36.4 Å². The molecule has 26 heavy (non-hydrogen) atoms. The van der Waals surface area contributed by atoms with Crippen LogP contribution >= 0.6 is 11.3 Å². The number of anilines is 2. The highest BCUT2D eigenvalue weighted by Crippen LogP contribution is 2.28. The van der Waals surface area contributed by atoms with E-state index in [1.165, 1.54) is 18.3 Å². The van der Waals surface area contributed by atoms with E-state index in [1.54, 1.807) is 13.2 Å². The summed E-state index contributed by atoms with van der Waals surface area (Å²) in [4.78, 5) is 27.7. The molecule has 0 bridgehead atoms. The van der Waals surface area contributed by atoms with Crippen molar-refractivity contribution in [3.8, 4) is 5.75 Å². The molecule has 2 N–H and O–H groups in total. The van der Waals surface area contributed by atoms with E-state index in [4.69, 9.17) is 4.74 Å². The summed E-state index contributed by atoms with van der Waals surface area (Å²) in [6.07, 6.45) is 0.962. The molecule has 1 aromatic heterocycles. The first kappa shape index (κ1) is 17.9. The number of hydrogen-bond donors (Lipinski definition) is 2. The summed E-state index contributed by atoms with van der Waals surface area (Å²) in [6, 6.07) is 13.2. The minimum atomic E-state index is -0.158. The molecule has 2 aromatic carbocycles. The zero-order chi connectivity index (χ0) is 18.5. The third kappa shape index (κ3) is 4.37.